The van der Waals surface area contributed by atoms with E-state index in [-0.39, 0.29) is 5.84 Å². The molecule has 0 aliphatic rings. The van der Waals surface area contributed by atoms with Crippen molar-refractivity contribution < 1.29 is 5.21 Å². The number of aromatic nitrogens is 3. The van der Waals surface area contributed by atoms with E-state index >= 15 is 0 Å². The van der Waals surface area contributed by atoms with E-state index < -0.39 is 0 Å². The van der Waals surface area contributed by atoms with E-state index in [1.165, 1.54) is 18.1 Å². The Bertz CT molecular complexity index is 538. The molecule has 2 rings (SSSR count). The molecular formula is C10H11N5OS. The van der Waals surface area contributed by atoms with Gasteiger partial charge < -0.3 is 10.9 Å². The zero-order chi connectivity index (χ0) is 12.3. The summed E-state index contributed by atoms with van der Waals surface area (Å²) in [6.45, 7) is 1.97. The normalized spacial score (nSPS) is 11.7. The average Bonchev–Trinajstić information content (AvgIpc) is 2.81. The van der Waals surface area contributed by atoms with E-state index in [1.807, 2.05) is 25.1 Å². The maximum absolute atomic E-state index is 8.73. The minimum absolute atomic E-state index is 0.0759. The number of hydrogen-bond donors (Lipinski definition) is 3. The summed E-state index contributed by atoms with van der Waals surface area (Å²) in [5.41, 5.74) is 7.37. The van der Waals surface area contributed by atoms with Crippen molar-refractivity contribution in [3.8, 4) is 0 Å². The summed E-state index contributed by atoms with van der Waals surface area (Å²) in [5, 5.41) is 18.9. The van der Waals surface area contributed by atoms with Crippen LogP contribution in [0.3, 0.4) is 0 Å². The van der Waals surface area contributed by atoms with E-state index in [2.05, 4.69) is 20.3 Å². The lowest BCUT2D eigenvalue weighted by molar-refractivity contribution is 0.318. The number of nitrogens with two attached hydrogens (primary N) is 1. The third-order valence-electron chi connectivity index (χ3n) is 2.12. The number of amidine groups is 1. The number of oxime groups is 1. The standard InChI is InChI=1S/C10H11N5OS/c1-6-2-3-7(9(11)15-16)8(4-6)17-10-12-5-13-14-10/h2-5,16H,1H3,(H2,11,15)(H,12,13,14). The quantitative estimate of drug-likeness (QED) is 0.330. The Hall–Kier alpha value is -2.02. The molecule has 0 bridgehead atoms. The number of rotatable bonds is 3. The summed E-state index contributed by atoms with van der Waals surface area (Å²) in [7, 11) is 0. The van der Waals surface area contributed by atoms with Crippen molar-refractivity contribution in [2.24, 2.45) is 10.9 Å². The molecule has 0 amide bonds. The van der Waals surface area contributed by atoms with Crippen LogP contribution in [0.4, 0.5) is 0 Å². The monoisotopic (exact) mass is 249 g/mol. The third kappa shape index (κ3) is 2.56. The van der Waals surface area contributed by atoms with Gasteiger partial charge in [-0.25, -0.2) is 4.98 Å². The summed E-state index contributed by atoms with van der Waals surface area (Å²) in [6, 6.07) is 5.65. The van der Waals surface area contributed by atoms with Crippen LogP contribution in [-0.2, 0) is 0 Å². The van der Waals surface area contributed by atoms with Crippen LogP contribution in [-0.4, -0.2) is 26.2 Å². The number of nitrogens with one attached hydrogen (secondary N) is 1. The van der Waals surface area contributed by atoms with Crippen molar-refractivity contribution in [3.05, 3.63) is 35.7 Å². The maximum atomic E-state index is 8.73. The van der Waals surface area contributed by atoms with Crippen LogP contribution < -0.4 is 5.73 Å². The van der Waals surface area contributed by atoms with Gasteiger partial charge in [-0.15, -0.1) is 0 Å². The molecule has 1 heterocycles. The van der Waals surface area contributed by atoms with Gasteiger partial charge in [-0.05, 0) is 36.4 Å². The van der Waals surface area contributed by atoms with Crippen molar-refractivity contribution in [2.75, 3.05) is 0 Å². The van der Waals surface area contributed by atoms with Gasteiger partial charge in [-0.3, -0.25) is 5.10 Å². The van der Waals surface area contributed by atoms with Gasteiger partial charge in [0.2, 0.25) is 0 Å². The predicted molar refractivity (Wildman–Crippen MR) is 64.2 cm³/mol. The maximum Gasteiger partial charge on any atom is 0.188 e. The van der Waals surface area contributed by atoms with Gasteiger partial charge in [0.15, 0.2) is 11.0 Å². The molecule has 0 aliphatic carbocycles. The van der Waals surface area contributed by atoms with Crippen LogP contribution >= 0.6 is 11.8 Å². The van der Waals surface area contributed by atoms with E-state index in [9.17, 15) is 0 Å². The van der Waals surface area contributed by atoms with E-state index in [4.69, 9.17) is 10.9 Å². The highest BCUT2D eigenvalue weighted by Gasteiger charge is 2.10. The highest BCUT2D eigenvalue weighted by atomic mass is 32.2. The molecule has 0 atom stereocenters. The van der Waals surface area contributed by atoms with Crippen LogP contribution in [0, 0.1) is 6.92 Å². The molecule has 2 aromatic rings. The van der Waals surface area contributed by atoms with E-state index in [0.29, 0.717) is 10.7 Å². The first-order chi connectivity index (χ1) is 8.20. The summed E-state index contributed by atoms with van der Waals surface area (Å²) in [4.78, 5) is 4.88. The summed E-state index contributed by atoms with van der Waals surface area (Å²) >= 11 is 1.38. The van der Waals surface area contributed by atoms with Gasteiger partial charge in [0.25, 0.3) is 0 Å². The summed E-state index contributed by atoms with van der Waals surface area (Å²) < 4.78 is 0. The predicted octanol–water partition coefficient (Wildman–Crippen LogP) is 1.36. The molecule has 0 aliphatic heterocycles. The fourth-order valence-electron chi connectivity index (χ4n) is 1.33. The van der Waals surface area contributed by atoms with Crippen molar-refractivity contribution >= 4 is 17.6 Å². The average molecular weight is 249 g/mol. The Kier molecular flexibility index (Phi) is 3.29. The number of hydrogen-bond acceptors (Lipinski definition) is 5. The number of aromatic amines is 1. The van der Waals surface area contributed by atoms with Gasteiger partial charge in [-0.1, -0.05) is 11.2 Å². The zero-order valence-electron chi connectivity index (χ0n) is 9.08. The molecule has 1 aromatic carbocycles. The molecule has 0 saturated carbocycles. The molecule has 0 radical (unpaired) electrons. The van der Waals surface area contributed by atoms with Crippen LogP contribution in [0.25, 0.3) is 0 Å². The minimum Gasteiger partial charge on any atom is -0.409 e. The van der Waals surface area contributed by atoms with Crippen LogP contribution in [0.15, 0.2) is 39.7 Å². The minimum atomic E-state index is 0.0759. The molecule has 0 unspecified atom stereocenters. The highest BCUT2D eigenvalue weighted by molar-refractivity contribution is 7.99. The van der Waals surface area contributed by atoms with Crippen LogP contribution in [0.5, 0.6) is 0 Å². The molecular weight excluding hydrogens is 238 g/mol. The molecule has 17 heavy (non-hydrogen) atoms. The lowest BCUT2D eigenvalue weighted by Gasteiger charge is -2.07. The van der Waals surface area contributed by atoms with Gasteiger partial charge in [0, 0.05) is 10.5 Å². The second kappa shape index (κ2) is 4.88. The molecule has 0 fully saturated rings. The number of aryl methyl sites for hydroxylation is 1. The molecule has 6 nitrogen and oxygen atoms in total. The largest absolute Gasteiger partial charge is 0.409 e. The molecule has 4 N–H and O–H groups in total. The lowest BCUT2D eigenvalue weighted by atomic mass is 10.1. The fraction of sp³-hybridized carbons (Fsp3) is 0.100. The Morgan fingerprint density at radius 3 is 3.00 bits per heavy atom. The summed E-state index contributed by atoms with van der Waals surface area (Å²) in [5.74, 6) is 0.0759. The van der Waals surface area contributed by atoms with Crippen molar-refractivity contribution in [3.63, 3.8) is 0 Å². The first-order valence-electron chi connectivity index (χ1n) is 4.82. The third-order valence-corrected chi connectivity index (χ3v) is 3.07. The first kappa shape index (κ1) is 11.5. The second-order valence-corrected chi connectivity index (χ2v) is 4.41. The number of nitrogens with zero attached hydrogens (tertiary/aromatic N) is 3. The van der Waals surface area contributed by atoms with E-state index in [1.54, 1.807) is 0 Å². The molecule has 0 saturated heterocycles. The number of benzene rings is 1. The van der Waals surface area contributed by atoms with E-state index in [0.717, 1.165) is 10.5 Å². The highest BCUT2D eigenvalue weighted by Crippen LogP contribution is 2.28. The summed E-state index contributed by atoms with van der Waals surface area (Å²) in [6.07, 6.45) is 1.43. The molecule has 1 aromatic heterocycles. The topological polar surface area (TPSA) is 100 Å². The zero-order valence-corrected chi connectivity index (χ0v) is 9.90. The first-order valence-corrected chi connectivity index (χ1v) is 5.64. The SMILES string of the molecule is Cc1ccc(C(N)=NO)c(Sc2ncn[nH]2)c1. The Labute approximate surface area is 102 Å². The Morgan fingerprint density at radius 2 is 2.35 bits per heavy atom. The van der Waals surface area contributed by atoms with Crippen LogP contribution in [0.1, 0.15) is 11.1 Å². The Morgan fingerprint density at radius 1 is 1.53 bits per heavy atom. The van der Waals surface area contributed by atoms with Crippen molar-refractivity contribution in [2.45, 2.75) is 17.0 Å². The lowest BCUT2D eigenvalue weighted by Crippen LogP contribution is -2.14. The fourth-order valence-corrected chi connectivity index (χ4v) is 2.26. The van der Waals surface area contributed by atoms with Crippen LogP contribution in [0.2, 0.25) is 0 Å². The van der Waals surface area contributed by atoms with Gasteiger partial charge in [0.1, 0.15) is 6.33 Å². The number of H-pyrrole nitrogens is 1. The second-order valence-electron chi connectivity index (χ2n) is 3.38. The van der Waals surface area contributed by atoms with Crippen molar-refractivity contribution in [1.29, 1.82) is 0 Å². The van der Waals surface area contributed by atoms with Gasteiger partial charge in [0.05, 0.1) is 0 Å². The van der Waals surface area contributed by atoms with Crippen molar-refractivity contribution in [1.82, 2.24) is 15.2 Å². The Balaban J connectivity index is 2.40. The smallest absolute Gasteiger partial charge is 0.188 e. The molecule has 7 heteroatoms. The van der Waals surface area contributed by atoms with Gasteiger partial charge in [-0.2, -0.15) is 5.10 Å². The van der Waals surface area contributed by atoms with Gasteiger partial charge >= 0.3 is 0 Å². The molecule has 0 spiro atoms. The molecule has 88 valence electrons.